The fraction of sp³-hybridized carbons (Fsp3) is 0.368. The third-order valence-electron chi connectivity index (χ3n) is 5.11. The van der Waals surface area contributed by atoms with Crippen LogP contribution < -0.4 is 5.73 Å². The quantitative estimate of drug-likeness (QED) is 0.884. The summed E-state index contributed by atoms with van der Waals surface area (Å²) < 4.78 is 0. The fourth-order valence-electron chi connectivity index (χ4n) is 3.68. The molecule has 1 atom stereocenters. The Morgan fingerprint density at radius 2 is 2.14 bits per heavy atom. The van der Waals surface area contributed by atoms with Gasteiger partial charge < -0.3 is 5.73 Å². The van der Waals surface area contributed by atoms with Gasteiger partial charge in [0.25, 0.3) is 0 Å². The van der Waals surface area contributed by atoms with E-state index >= 15 is 0 Å². The molecule has 0 spiro atoms. The van der Waals surface area contributed by atoms with E-state index in [1.807, 2.05) is 6.20 Å². The first-order valence-electron chi connectivity index (χ1n) is 8.00. The third kappa shape index (κ3) is 2.12. The number of aryl methyl sites for hydroxylation is 1. The van der Waals surface area contributed by atoms with Crippen LogP contribution in [0.25, 0.3) is 10.8 Å². The maximum Gasteiger partial charge on any atom is 0.160 e. The Balaban J connectivity index is 1.77. The van der Waals surface area contributed by atoms with Crippen molar-refractivity contribution < 1.29 is 4.79 Å². The number of hydrogen-bond donors (Lipinski definition) is 1. The molecule has 3 heteroatoms. The molecule has 0 saturated heterocycles. The van der Waals surface area contributed by atoms with E-state index < -0.39 is 0 Å². The summed E-state index contributed by atoms with van der Waals surface area (Å²) in [5.41, 5.74) is 10.6. The van der Waals surface area contributed by atoms with E-state index in [-0.39, 0.29) is 11.7 Å². The number of hydrogen-bond acceptors (Lipinski definition) is 3. The molecular weight excluding hydrogens is 272 g/mol. The molecule has 2 N–H and O–H groups in total. The molecule has 0 amide bonds. The minimum Gasteiger partial charge on any atom is -0.404 e. The Hall–Kier alpha value is -2.16. The van der Waals surface area contributed by atoms with Gasteiger partial charge in [-0.3, -0.25) is 9.78 Å². The van der Waals surface area contributed by atoms with Crippen molar-refractivity contribution in [3.8, 4) is 0 Å². The number of carbonyl (C=O) groups is 1. The number of nitrogens with zero attached hydrogens (tertiary/aromatic N) is 1. The molecule has 2 aromatic rings. The van der Waals surface area contributed by atoms with E-state index in [0.717, 1.165) is 12.8 Å². The van der Waals surface area contributed by atoms with Crippen molar-refractivity contribution in [3.05, 3.63) is 53.0 Å². The van der Waals surface area contributed by atoms with Gasteiger partial charge in [0.05, 0.1) is 0 Å². The van der Waals surface area contributed by atoms with Crippen molar-refractivity contribution >= 4 is 16.6 Å². The summed E-state index contributed by atoms with van der Waals surface area (Å²) in [6, 6.07) is 4.48. The van der Waals surface area contributed by atoms with Crippen molar-refractivity contribution in [1.29, 1.82) is 0 Å². The maximum atomic E-state index is 12.1. The zero-order chi connectivity index (χ0) is 15.3. The summed E-state index contributed by atoms with van der Waals surface area (Å²) in [6.07, 6.45) is 9.04. The van der Waals surface area contributed by atoms with Gasteiger partial charge in [0.2, 0.25) is 0 Å². The number of rotatable bonds is 3. The molecule has 1 aromatic heterocycles. The summed E-state index contributed by atoms with van der Waals surface area (Å²) in [5.74, 6) is 0.848. The van der Waals surface area contributed by atoms with Gasteiger partial charge in [-0.15, -0.1) is 0 Å². The first-order valence-corrected chi connectivity index (χ1v) is 8.00. The van der Waals surface area contributed by atoms with Crippen LogP contribution in [0, 0.1) is 12.8 Å². The molecule has 22 heavy (non-hydrogen) atoms. The smallest absolute Gasteiger partial charge is 0.160 e. The standard InChI is InChI=1S/C19H20N2O/c1-11-16-8-14(19(22)4-5-20)6-13(16)7-15-10-21-18(9-17(11)15)12-2-3-12/h4-5,7,9-10,12,14H,2-3,6,8,20H2,1H3/b5-4-. The van der Waals surface area contributed by atoms with Crippen LogP contribution in [-0.2, 0) is 17.6 Å². The molecule has 1 saturated carbocycles. The average Bonchev–Trinajstić information content (AvgIpc) is 3.27. The minimum absolute atomic E-state index is 0.0428. The number of ketones is 1. The molecule has 1 unspecified atom stereocenters. The van der Waals surface area contributed by atoms with Gasteiger partial charge in [0, 0.05) is 29.1 Å². The summed E-state index contributed by atoms with van der Waals surface area (Å²) >= 11 is 0. The summed E-state index contributed by atoms with van der Waals surface area (Å²) in [5, 5.41) is 2.50. The van der Waals surface area contributed by atoms with Gasteiger partial charge in [0.1, 0.15) is 0 Å². The van der Waals surface area contributed by atoms with E-state index in [2.05, 4.69) is 24.0 Å². The predicted molar refractivity (Wildman–Crippen MR) is 87.7 cm³/mol. The molecule has 1 heterocycles. The third-order valence-corrected chi connectivity index (χ3v) is 5.11. The zero-order valence-corrected chi connectivity index (χ0v) is 12.8. The van der Waals surface area contributed by atoms with Crippen LogP contribution in [0.5, 0.6) is 0 Å². The number of pyridine rings is 1. The van der Waals surface area contributed by atoms with Crippen LogP contribution >= 0.6 is 0 Å². The molecule has 2 aliphatic rings. The lowest BCUT2D eigenvalue weighted by Gasteiger charge is -2.10. The van der Waals surface area contributed by atoms with Crippen LogP contribution in [0.3, 0.4) is 0 Å². The predicted octanol–water partition coefficient (Wildman–Crippen LogP) is 3.18. The Morgan fingerprint density at radius 3 is 2.86 bits per heavy atom. The van der Waals surface area contributed by atoms with E-state index in [4.69, 9.17) is 5.73 Å². The lowest BCUT2D eigenvalue weighted by Crippen LogP contribution is -2.12. The van der Waals surface area contributed by atoms with Crippen molar-refractivity contribution in [3.63, 3.8) is 0 Å². The zero-order valence-electron chi connectivity index (χ0n) is 12.8. The highest BCUT2D eigenvalue weighted by Crippen LogP contribution is 2.41. The number of aromatic nitrogens is 1. The van der Waals surface area contributed by atoms with Gasteiger partial charge in [-0.05, 0) is 79.1 Å². The topological polar surface area (TPSA) is 56.0 Å². The van der Waals surface area contributed by atoms with E-state index in [0.29, 0.717) is 5.92 Å². The summed E-state index contributed by atoms with van der Waals surface area (Å²) in [7, 11) is 0. The molecular formula is C19H20N2O. The lowest BCUT2D eigenvalue weighted by molar-refractivity contribution is -0.117. The normalized spacial score (nSPS) is 20.7. The SMILES string of the molecule is Cc1c2c(cc3cnc(C4CC4)cc13)CC(C(=O)/C=C\N)C2. The van der Waals surface area contributed by atoms with Crippen molar-refractivity contribution in [2.75, 3.05) is 0 Å². The average molecular weight is 292 g/mol. The molecule has 0 bridgehead atoms. The highest BCUT2D eigenvalue weighted by atomic mass is 16.1. The Bertz CT molecular complexity index is 803. The van der Waals surface area contributed by atoms with Crippen LogP contribution in [-0.4, -0.2) is 10.8 Å². The van der Waals surface area contributed by atoms with Gasteiger partial charge in [0.15, 0.2) is 5.78 Å². The molecule has 0 radical (unpaired) electrons. The molecule has 112 valence electrons. The number of benzene rings is 1. The Morgan fingerprint density at radius 1 is 1.32 bits per heavy atom. The van der Waals surface area contributed by atoms with Gasteiger partial charge in [-0.1, -0.05) is 0 Å². The molecule has 4 rings (SSSR count). The van der Waals surface area contributed by atoms with Gasteiger partial charge in [-0.2, -0.15) is 0 Å². The van der Waals surface area contributed by atoms with Gasteiger partial charge >= 0.3 is 0 Å². The molecule has 0 aliphatic heterocycles. The molecule has 2 aliphatic carbocycles. The monoisotopic (exact) mass is 292 g/mol. The first-order chi connectivity index (χ1) is 10.7. The van der Waals surface area contributed by atoms with Crippen LogP contribution in [0.15, 0.2) is 30.6 Å². The van der Waals surface area contributed by atoms with Crippen LogP contribution in [0.1, 0.15) is 41.1 Å². The number of fused-ring (bicyclic) bond motifs is 2. The number of nitrogens with two attached hydrogens (primary N) is 1. The molecule has 1 fully saturated rings. The Kier molecular flexibility index (Phi) is 3.03. The summed E-state index contributed by atoms with van der Waals surface area (Å²) in [6.45, 7) is 2.18. The lowest BCUT2D eigenvalue weighted by atomic mass is 9.96. The van der Waals surface area contributed by atoms with Gasteiger partial charge in [-0.25, -0.2) is 0 Å². The highest BCUT2D eigenvalue weighted by Gasteiger charge is 2.29. The van der Waals surface area contributed by atoms with Crippen LogP contribution in [0.2, 0.25) is 0 Å². The van der Waals surface area contributed by atoms with E-state index in [1.165, 1.54) is 58.3 Å². The highest BCUT2D eigenvalue weighted by molar-refractivity contribution is 5.94. The van der Waals surface area contributed by atoms with Crippen molar-refractivity contribution in [2.45, 2.75) is 38.5 Å². The largest absolute Gasteiger partial charge is 0.404 e. The maximum absolute atomic E-state index is 12.1. The second-order valence-corrected chi connectivity index (χ2v) is 6.61. The Labute approximate surface area is 130 Å². The number of carbonyl (C=O) groups excluding carboxylic acids is 1. The minimum atomic E-state index is 0.0428. The summed E-state index contributed by atoms with van der Waals surface area (Å²) in [4.78, 5) is 16.7. The molecule has 1 aromatic carbocycles. The first kappa shape index (κ1) is 13.5. The van der Waals surface area contributed by atoms with Crippen molar-refractivity contribution in [2.24, 2.45) is 11.7 Å². The fourth-order valence-corrected chi connectivity index (χ4v) is 3.68. The second-order valence-electron chi connectivity index (χ2n) is 6.61. The second kappa shape index (κ2) is 4.94. The van der Waals surface area contributed by atoms with E-state index in [1.54, 1.807) is 0 Å². The molecule has 3 nitrogen and oxygen atoms in total. The van der Waals surface area contributed by atoms with E-state index in [9.17, 15) is 4.79 Å². The van der Waals surface area contributed by atoms with Crippen molar-refractivity contribution in [1.82, 2.24) is 4.98 Å². The van der Waals surface area contributed by atoms with Crippen LogP contribution in [0.4, 0.5) is 0 Å². The number of allylic oxidation sites excluding steroid dienone is 1.